The highest BCUT2D eigenvalue weighted by Crippen LogP contribution is 2.16. The number of anilines is 1. The van der Waals surface area contributed by atoms with Crippen molar-refractivity contribution in [3.05, 3.63) is 24.3 Å². The smallest absolute Gasteiger partial charge is 0.238 e. The number of ether oxygens (including phenoxy) is 1. The van der Waals surface area contributed by atoms with Gasteiger partial charge in [0.05, 0.1) is 13.2 Å². The molecule has 0 saturated heterocycles. The fraction of sp³-hybridized carbons (Fsp3) is 0.611. The van der Waals surface area contributed by atoms with Gasteiger partial charge in [-0.05, 0) is 30.7 Å². The molecule has 0 spiro atoms. The first kappa shape index (κ1) is 18.5. The molecule has 0 aliphatic carbocycles. The lowest BCUT2D eigenvalue weighted by Crippen LogP contribution is -2.32. The van der Waals surface area contributed by atoms with Crippen molar-refractivity contribution in [2.24, 2.45) is 0 Å². The summed E-state index contributed by atoms with van der Waals surface area (Å²) in [5, 5.41) is 5.95. The van der Waals surface area contributed by atoms with E-state index in [4.69, 9.17) is 4.74 Å². The minimum Gasteiger partial charge on any atom is -0.494 e. The number of nitrogens with one attached hydrogen (secondary N) is 2. The van der Waals surface area contributed by atoms with Crippen molar-refractivity contribution < 1.29 is 9.53 Å². The lowest BCUT2D eigenvalue weighted by molar-refractivity contribution is -0.115. The molecule has 124 valence electrons. The summed E-state index contributed by atoms with van der Waals surface area (Å²) in [5.41, 5.74) is 0.797. The zero-order chi connectivity index (χ0) is 16.2. The maximum atomic E-state index is 11.7. The maximum Gasteiger partial charge on any atom is 0.238 e. The molecule has 0 saturated carbocycles. The van der Waals surface area contributed by atoms with Gasteiger partial charge in [-0.25, -0.2) is 0 Å². The van der Waals surface area contributed by atoms with Crippen molar-refractivity contribution in [2.75, 3.05) is 18.5 Å². The van der Waals surface area contributed by atoms with Crippen LogP contribution < -0.4 is 15.4 Å². The highest BCUT2D eigenvalue weighted by molar-refractivity contribution is 5.92. The zero-order valence-electron chi connectivity index (χ0n) is 14.2. The van der Waals surface area contributed by atoms with Crippen LogP contribution in [0.25, 0.3) is 0 Å². The number of benzene rings is 1. The van der Waals surface area contributed by atoms with Crippen molar-refractivity contribution in [1.82, 2.24) is 5.32 Å². The van der Waals surface area contributed by atoms with Crippen LogP contribution in [0.1, 0.15) is 52.9 Å². The number of hydrogen-bond donors (Lipinski definition) is 2. The second-order valence-electron chi connectivity index (χ2n) is 5.87. The fourth-order valence-corrected chi connectivity index (χ4v) is 2.03. The van der Waals surface area contributed by atoms with E-state index in [0.717, 1.165) is 24.5 Å². The van der Waals surface area contributed by atoms with Crippen LogP contribution in [-0.4, -0.2) is 25.1 Å². The van der Waals surface area contributed by atoms with Gasteiger partial charge >= 0.3 is 0 Å². The van der Waals surface area contributed by atoms with Crippen LogP contribution in [0.2, 0.25) is 0 Å². The third-order valence-corrected chi connectivity index (χ3v) is 3.33. The van der Waals surface area contributed by atoms with E-state index in [2.05, 4.69) is 17.6 Å². The Balaban J connectivity index is 2.23. The van der Waals surface area contributed by atoms with Crippen molar-refractivity contribution in [3.63, 3.8) is 0 Å². The minimum absolute atomic E-state index is 0.0294. The predicted molar refractivity (Wildman–Crippen MR) is 92.5 cm³/mol. The molecule has 22 heavy (non-hydrogen) atoms. The van der Waals surface area contributed by atoms with Crippen LogP contribution >= 0.6 is 0 Å². The number of carbonyl (C=O) groups is 1. The molecular weight excluding hydrogens is 276 g/mol. The number of rotatable bonds is 11. The Kier molecular flexibility index (Phi) is 9.31. The van der Waals surface area contributed by atoms with Gasteiger partial charge in [0.25, 0.3) is 0 Å². The summed E-state index contributed by atoms with van der Waals surface area (Å²) in [6.45, 7) is 7.33. The number of unbranched alkanes of at least 4 members (excludes halogenated alkanes) is 4. The monoisotopic (exact) mass is 306 g/mol. The highest BCUT2D eigenvalue weighted by Gasteiger charge is 2.03. The average molecular weight is 306 g/mol. The van der Waals surface area contributed by atoms with Crippen molar-refractivity contribution in [3.8, 4) is 5.75 Å². The van der Waals surface area contributed by atoms with Crippen LogP contribution in [0.15, 0.2) is 24.3 Å². The van der Waals surface area contributed by atoms with Gasteiger partial charge in [-0.1, -0.05) is 46.5 Å². The second kappa shape index (κ2) is 11.1. The Morgan fingerprint density at radius 3 is 2.41 bits per heavy atom. The summed E-state index contributed by atoms with van der Waals surface area (Å²) < 4.78 is 5.70. The van der Waals surface area contributed by atoms with Gasteiger partial charge in [0, 0.05) is 11.7 Å². The SMILES string of the molecule is CCCCCCCOc1ccc(NC(=O)CNC(C)C)cc1. The van der Waals surface area contributed by atoms with E-state index in [1.165, 1.54) is 25.7 Å². The first-order valence-electron chi connectivity index (χ1n) is 8.38. The lowest BCUT2D eigenvalue weighted by Gasteiger charge is -2.10. The molecule has 0 fully saturated rings. The molecule has 1 aromatic carbocycles. The average Bonchev–Trinajstić information content (AvgIpc) is 2.50. The first-order chi connectivity index (χ1) is 10.6. The molecule has 1 amide bonds. The molecular formula is C18H30N2O2. The van der Waals surface area contributed by atoms with Crippen molar-refractivity contribution >= 4 is 11.6 Å². The van der Waals surface area contributed by atoms with Crippen molar-refractivity contribution in [1.29, 1.82) is 0 Å². The zero-order valence-corrected chi connectivity index (χ0v) is 14.2. The van der Waals surface area contributed by atoms with E-state index in [-0.39, 0.29) is 5.91 Å². The van der Waals surface area contributed by atoms with Crippen LogP contribution in [-0.2, 0) is 4.79 Å². The molecule has 0 bridgehead atoms. The van der Waals surface area contributed by atoms with Gasteiger partial charge in [0.15, 0.2) is 0 Å². The predicted octanol–water partition coefficient (Wildman–Crippen LogP) is 3.97. The summed E-state index contributed by atoms with van der Waals surface area (Å²) in [6.07, 6.45) is 6.18. The molecule has 4 heteroatoms. The molecule has 1 rings (SSSR count). The minimum atomic E-state index is -0.0294. The second-order valence-corrected chi connectivity index (χ2v) is 5.87. The normalized spacial score (nSPS) is 10.7. The molecule has 4 nitrogen and oxygen atoms in total. The fourth-order valence-electron chi connectivity index (χ4n) is 2.03. The maximum absolute atomic E-state index is 11.7. The summed E-state index contributed by atoms with van der Waals surface area (Å²) in [7, 11) is 0. The van der Waals surface area contributed by atoms with Gasteiger partial charge in [-0.15, -0.1) is 0 Å². The summed E-state index contributed by atoms with van der Waals surface area (Å²) in [4.78, 5) is 11.7. The molecule has 0 atom stereocenters. The van der Waals surface area contributed by atoms with Gasteiger partial charge in [-0.3, -0.25) is 4.79 Å². The van der Waals surface area contributed by atoms with Gasteiger partial charge < -0.3 is 15.4 Å². The number of carbonyl (C=O) groups excluding carboxylic acids is 1. The number of amides is 1. The van der Waals surface area contributed by atoms with E-state index in [9.17, 15) is 4.79 Å². The third-order valence-electron chi connectivity index (χ3n) is 3.33. The molecule has 0 aliphatic heterocycles. The van der Waals surface area contributed by atoms with Crippen LogP contribution in [0.3, 0.4) is 0 Å². The summed E-state index contributed by atoms with van der Waals surface area (Å²) in [5.74, 6) is 0.826. The first-order valence-corrected chi connectivity index (χ1v) is 8.38. The lowest BCUT2D eigenvalue weighted by atomic mass is 10.2. The van der Waals surface area contributed by atoms with Crippen molar-refractivity contribution in [2.45, 2.75) is 58.9 Å². The largest absolute Gasteiger partial charge is 0.494 e. The number of hydrogen-bond acceptors (Lipinski definition) is 3. The highest BCUT2D eigenvalue weighted by atomic mass is 16.5. The van der Waals surface area contributed by atoms with E-state index in [1.54, 1.807) is 0 Å². The third kappa shape index (κ3) is 8.67. The Hall–Kier alpha value is -1.55. The summed E-state index contributed by atoms with van der Waals surface area (Å²) >= 11 is 0. The summed E-state index contributed by atoms with van der Waals surface area (Å²) in [6, 6.07) is 7.85. The van der Waals surface area contributed by atoms with Gasteiger partial charge in [0.1, 0.15) is 5.75 Å². The molecule has 0 aromatic heterocycles. The van der Waals surface area contributed by atoms with Crippen LogP contribution in [0.5, 0.6) is 5.75 Å². The molecule has 0 radical (unpaired) electrons. The molecule has 1 aromatic rings. The van der Waals surface area contributed by atoms with E-state index in [0.29, 0.717) is 12.6 Å². The van der Waals surface area contributed by atoms with Crippen LogP contribution in [0.4, 0.5) is 5.69 Å². The Morgan fingerprint density at radius 2 is 1.77 bits per heavy atom. The van der Waals surface area contributed by atoms with E-state index in [1.807, 2.05) is 38.1 Å². The molecule has 0 unspecified atom stereocenters. The topological polar surface area (TPSA) is 50.4 Å². The van der Waals surface area contributed by atoms with Crippen LogP contribution in [0, 0.1) is 0 Å². The Labute approximate surface area is 134 Å². The van der Waals surface area contributed by atoms with E-state index >= 15 is 0 Å². The van der Waals surface area contributed by atoms with Gasteiger partial charge in [0.2, 0.25) is 5.91 Å². The molecule has 0 heterocycles. The standard InChI is InChI=1S/C18H30N2O2/c1-4-5-6-7-8-13-22-17-11-9-16(10-12-17)20-18(21)14-19-15(2)3/h9-12,15,19H,4-8,13-14H2,1-3H3,(H,20,21). The Morgan fingerprint density at radius 1 is 1.09 bits per heavy atom. The quantitative estimate of drug-likeness (QED) is 0.608. The molecule has 2 N–H and O–H groups in total. The van der Waals surface area contributed by atoms with Gasteiger partial charge in [-0.2, -0.15) is 0 Å². The molecule has 0 aliphatic rings. The Bertz CT molecular complexity index is 416. The van der Waals surface area contributed by atoms with E-state index < -0.39 is 0 Å².